The van der Waals surface area contributed by atoms with Crippen LogP contribution in [0.5, 0.6) is 5.75 Å². The van der Waals surface area contributed by atoms with Gasteiger partial charge in [0.1, 0.15) is 17.0 Å². The van der Waals surface area contributed by atoms with Gasteiger partial charge < -0.3 is 14.2 Å². The van der Waals surface area contributed by atoms with E-state index in [-0.39, 0.29) is 0 Å². The third kappa shape index (κ3) is 5.71. The van der Waals surface area contributed by atoms with Crippen LogP contribution in [0.3, 0.4) is 0 Å². The number of hydrogen-bond donors (Lipinski definition) is 0. The Morgan fingerprint density at radius 1 is 1.20 bits per heavy atom. The van der Waals surface area contributed by atoms with Crippen LogP contribution < -0.4 is 4.74 Å². The van der Waals surface area contributed by atoms with Crippen molar-refractivity contribution < 1.29 is 14.2 Å². The highest BCUT2D eigenvalue weighted by Gasteiger charge is 1.94. The fraction of sp³-hybridized carbons (Fsp3) is 0.500. The zero-order valence-corrected chi connectivity index (χ0v) is 10.2. The van der Waals surface area contributed by atoms with E-state index in [0.29, 0.717) is 26.4 Å². The summed E-state index contributed by atoms with van der Waals surface area (Å²) >= 11 is 3.25. The molecule has 1 rings (SSSR count). The van der Waals surface area contributed by atoms with Gasteiger partial charge in [0.05, 0.1) is 26.0 Å². The van der Waals surface area contributed by atoms with Gasteiger partial charge in [0, 0.05) is 7.11 Å². The number of halogens is 1. The fourth-order valence-electron chi connectivity index (χ4n) is 0.910. The fourth-order valence-corrected chi connectivity index (χ4v) is 1.14. The number of nitrogens with zero attached hydrogens (tertiary/aromatic N) is 1. The first-order chi connectivity index (χ1) is 7.33. The lowest BCUT2D eigenvalue weighted by Gasteiger charge is -2.06. The lowest BCUT2D eigenvalue weighted by Crippen LogP contribution is -2.10. The number of pyridine rings is 1. The maximum atomic E-state index is 5.39. The van der Waals surface area contributed by atoms with Gasteiger partial charge in [0.15, 0.2) is 0 Å². The van der Waals surface area contributed by atoms with Gasteiger partial charge in [-0.25, -0.2) is 4.98 Å². The molecular weight excluding hydrogens is 262 g/mol. The maximum Gasteiger partial charge on any atom is 0.137 e. The first kappa shape index (κ1) is 12.4. The summed E-state index contributed by atoms with van der Waals surface area (Å²) in [5.41, 5.74) is 0. The zero-order chi connectivity index (χ0) is 10.9. The molecule has 0 fully saturated rings. The summed E-state index contributed by atoms with van der Waals surface area (Å²) in [6.45, 7) is 2.28. The molecule has 1 heterocycles. The summed E-state index contributed by atoms with van der Waals surface area (Å²) in [6, 6.07) is 3.69. The lowest BCUT2D eigenvalue weighted by molar-refractivity contribution is 0.0543. The van der Waals surface area contributed by atoms with E-state index in [4.69, 9.17) is 14.2 Å². The molecule has 0 saturated carbocycles. The van der Waals surface area contributed by atoms with E-state index in [0.717, 1.165) is 10.4 Å². The Morgan fingerprint density at radius 3 is 2.67 bits per heavy atom. The van der Waals surface area contributed by atoms with E-state index in [9.17, 15) is 0 Å². The monoisotopic (exact) mass is 275 g/mol. The van der Waals surface area contributed by atoms with Crippen LogP contribution in [0, 0.1) is 0 Å². The Labute approximate surface area is 97.7 Å². The van der Waals surface area contributed by atoms with Crippen molar-refractivity contribution in [1.29, 1.82) is 0 Å². The molecule has 4 nitrogen and oxygen atoms in total. The van der Waals surface area contributed by atoms with Gasteiger partial charge >= 0.3 is 0 Å². The van der Waals surface area contributed by atoms with Crippen LogP contribution in [0.15, 0.2) is 22.9 Å². The van der Waals surface area contributed by atoms with Gasteiger partial charge in [0.2, 0.25) is 0 Å². The molecule has 0 aliphatic carbocycles. The minimum Gasteiger partial charge on any atom is -0.490 e. The van der Waals surface area contributed by atoms with E-state index in [1.165, 1.54) is 0 Å². The van der Waals surface area contributed by atoms with Gasteiger partial charge in [-0.3, -0.25) is 0 Å². The van der Waals surface area contributed by atoms with Gasteiger partial charge in [-0.05, 0) is 28.1 Å². The number of aromatic nitrogens is 1. The van der Waals surface area contributed by atoms with Gasteiger partial charge in [-0.15, -0.1) is 0 Å². The van der Waals surface area contributed by atoms with Crippen LogP contribution in [-0.2, 0) is 9.47 Å². The molecule has 0 bridgehead atoms. The molecule has 1 aromatic rings. The summed E-state index contributed by atoms with van der Waals surface area (Å²) < 4.78 is 16.3. The Hall–Kier alpha value is -0.650. The smallest absolute Gasteiger partial charge is 0.137 e. The number of ether oxygens (including phenoxy) is 3. The Kier molecular flexibility index (Phi) is 6.31. The van der Waals surface area contributed by atoms with E-state index >= 15 is 0 Å². The second-order valence-electron chi connectivity index (χ2n) is 2.77. The normalized spacial score (nSPS) is 10.3. The van der Waals surface area contributed by atoms with Crippen molar-refractivity contribution in [2.75, 3.05) is 33.5 Å². The molecule has 15 heavy (non-hydrogen) atoms. The van der Waals surface area contributed by atoms with E-state index < -0.39 is 0 Å². The number of methoxy groups -OCH3 is 1. The second-order valence-corrected chi connectivity index (χ2v) is 3.58. The van der Waals surface area contributed by atoms with Crippen molar-refractivity contribution in [3.05, 3.63) is 22.9 Å². The summed E-state index contributed by atoms with van der Waals surface area (Å²) in [7, 11) is 1.65. The molecule has 0 aliphatic rings. The quantitative estimate of drug-likeness (QED) is 0.563. The first-order valence-corrected chi connectivity index (χ1v) is 5.43. The molecule has 0 unspecified atom stereocenters. The van der Waals surface area contributed by atoms with E-state index in [1.54, 1.807) is 13.3 Å². The minimum atomic E-state index is 0.521. The molecule has 0 aromatic carbocycles. The first-order valence-electron chi connectivity index (χ1n) is 4.64. The highest BCUT2D eigenvalue weighted by atomic mass is 79.9. The molecule has 0 spiro atoms. The standard InChI is InChI=1S/C10H14BrNO3/c1-13-4-5-14-6-7-15-9-2-3-10(11)12-8-9/h2-3,8H,4-7H2,1H3. The van der Waals surface area contributed by atoms with Crippen molar-refractivity contribution in [1.82, 2.24) is 4.98 Å². The molecule has 0 atom stereocenters. The second kappa shape index (κ2) is 7.62. The average molecular weight is 276 g/mol. The van der Waals surface area contributed by atoms with Crippen LogP contribution in [0.2, 0.25) is 0 Å². The molecule has 0 amide bonds. The van der Waals surface area contributed by atoms with Crippen LogP contribution in [-0.4, -0.2) is 38.5 Å². The predicted octanol–water partition coefficient (Wildman–Crippen LogP) is 1.89. The van der Waals surface area contributed by atoms with Crippen LogP contribution in [0.25, 0.3) is 0 Å². The molecule has 84 valence electrons. The van der Waals surface area contributed by atoms with Gasteiger partial charge in [0.25, 0.3) is 0 Å². The Morgan fingerprint density at radius 2 is 2.00 bits per heavy atom. The molecule has 0 N–H and O–H groups in total. The highest BCUT2D eigenvalue weighted by Crippen LogP contribution is 2.12. The molecular formula is C10H14BrNO3. The largest absolute Gasteiger partial charge is 0.490 e. The van der Waals surface area contributed by atoms with Crippen LogP contribution >= 0.6 is 15.9 Å². The van der Waals surface area contributed by atoms with Crippen LogP contribution in [0.4, 0.5) is 0 Å². The molecule has 0 aliphatic heterocycles. The van der Waals surface area contributed by atoms with Crippen molar-refractivity contribution >= 4 is 15.9 Å². The average Bonchev–Trinajstić information content (AvgIpc) is 2.26. The number of rotatable bonds is 7. The molecule has 5 heteroatoms. The minimum absolute atomic E-state index is 0.521. The molecule has 1 aromatic heterocycles. The summed E-state index contributed by atoms with van der Waals surface area (Å²) in [4.78, 5) is 4.04. The SMILES string of the molecule is COCCOCCOc1ccc(Br)nc1. The van der Waals surface area contributed by atoms with Crippen molar-refractivity contribution in [2.45, 2.75) is 0 Å². The topological polar surface area (TPSA) is 40.6 Å². The summed E-state index contributed by atoms with van der Waals surface area (Å²) in [6.07, 6.45) is 1.67. The van der Waals surface area contributed by atoms with Gasteiger partial charge in [-0.2, -0.15) is 0 Å². The van der Waals surface area contributed by atoms with Crippen molar-refractivity contribution in [3.8, 4) is 5.75 Å². The Bertz CT molecular complexity index is 266. The Balaban J connectivity index is 2.07. The summed E-state index contributed by atoms with van der Waals surface area (Å²) in [5.74, 6) is 0.744. The molecule has 0 radical (unpaired) electrons. The summed E-state index contributed by atoms with van der Waals surface area (Å²) in [5, 5.41) is 0. The van der Waals surface area contributed by atoms with Crippen molar-refractivity contribution in [3.63, 3.8) is 0 Å². The van der Waals surface area contributed by atoms with Crippen LogP contribution in [0.1, 0.15) is 0 Å². The maximum absolute atomic E-state index is 5.39. The number of hydrogen-bond acceptors (Lipinski definition) is 4. The van der Waals surface area contributed by atoms with Gasteiger partial charge in [-0.1, -0.05) is 0 Å². The third-order valence-corrected chi connectivity index (χ3v) is 2.10. The lowest BCUT2D eigenvalue weighted by atomic mass is 10.5. The highest BCUT2D eigenvalue weighted by molar-refractivity contribution is 9.10. The zero-order valence-electron chi connectivity index (χ0n) is 8.61. The van der Waals surface area contributed by atoms with E-state index in [1.807, 2.05) is 12.1 Å². The predicted molar refractivity (Wildman–Crippen MR) is 60.1 cm³/mol. The van der Waals surface area contributed by atoms with E-state index in [2.05, 4.69) is 20.9 Å². The third-order valence-electron chi connectivity index (χ3n) is 1.63. The molecule has 0 saturated heterocycles. The van der Waals surface area contributed by atoms with Crippen molar-refractivity contribution in [2.24, 2.45) is 0 Å².